The zero-order chi connectivity index (χ0) is 13.3. The van der Waals surface area contributed by atoms with Crippen molar-refractivity contribution in [2.75, 3.05) is 7.05 Å². The molecule has 1 fully saturated rings. The molecule has 0 aliphatic heterocycles. The van der Waals surface area contributed by atoms with Crippen molar-refractivity contribution >= 4 is 11.3 Å². The van der Waals surface area contributed by atoms with E-state index in [0.29, 0.717) is 5.92 Å². The van der Waals surface area contributed by atoms with E-state index in [1.54, 1.807) is 0 Å². The first-order valence-electron chi connectivity index (χ1n) is 7.11. The molecule has 2 nitrogen and oxygen atoms in total. The van der Waals surface area contributed by atoms with Gasteiger partial charge in [-0.05, 0) is 44.1 Å². The number of hydrogen-bond donors (Lipinski definition) is 1. The minimum atomic E-state index is 0.120. The van der Waals surface area contributed by atoms with Crippen LogP contribution in [0.25, 0.3) is 0 Å². The van der Waals surface area contributed by atoms with Gasteiger partial charge < -0.3 is 5.32 Å². The monoisotopic (exact) mass is 266 g/mol. The lowest BCUT2D eigenvalue weighted by molar-refractivity contribution is 0.152. The maximum atomic E-state index is 4.90. The molecular weight excluding hydrogens is 240 g/mol. The Morgan fingerprint density at radius 3 is 2.39 bits per heavy atom. The SMILES string of the molecule is CNC1(c2nc(C(C)C)cs2)CC(C)CC(C)C1. The summed E-state index contributed by atoms with van der Waals surface area (Å²) >= 11 is 1.84. The van der Waals surface area contributed by atoms with Crippen LogP contribution >= 0.6 is 11.3 Å². The third-order valence-corrected chi connectivity index (χ3v) is 5.26. The van der Waals surface area contributed by atoms with Crippen LogP contribution in [0.15, 0.2) is 5.38 Å². The molecule has 18 heavy (non-hydrogen) atoms. The quantitative estimate of drug-likeness (QED) is 0.889. The summed E-state index contributed by atoms with van der Waals surface area (Å²) in [6.45, 7) is 9.19. The normalized spacial score (nSPS) is 33.0. The average Bonchev–Trinajstić information content (AvgIpc) is 2.77. The fourth-order valence-corrected chi connectivity index (χ4v) is 4.59. The molecule has 1 aliphatic carbocycles. The molecule has 0 aromatic carbocycles. The predicted octanol–water partition coefficient (Wildman–Crippen LogP) is 4.14. The molecule has 1 heterocycles. The lowest BCUT2D eigenvalue weighted by Crippen LogP contribution is -2.45. The molecule has 1 aliphatic rings. The second-order valence-corrected chi connectivity index (χ2v) is 7.28. The number of hydrogen-bond acceptors (Lipinski definition) is 3. The van der Waals surface area contributed by atoms with Crippen LogP contribution in [0.2, 0.25) is 0 Å². The molecule has 0 radical (unpaired) electrons. The molecule has 102 valence electrons. The highest BCUT2D eigenvalue weighted by Gasteiger charge is 2.40. The van der Waals surface area contributed by atoms with Crippen LogP contribution in [0.5, 0.6) is 0 Å². The van der Waals surface area contributed by atoms with E-state index in [-0.39, 0.29) is 5.54 Å². The van der Waals surface area contributed by atoms with Gasteiger partial charge in [0.25, 0.3) is 0 Å². The Kier molecular flexibility index (Phi) is 4.12. The van der Waals surface area contributed by atoms with Crippen LogP contribution in [-0.4, -0.2) is 12.0 Å². The average molecular weight is 266 g/mol. The Morgan fingerprint density at radius 2 is 1.94 bits per heavy atom. The molecule has 1 aromatic heterocycles. The van der Waals surface area contributed by atoms with Gasteiger partial charge in [0.05, 0.1) is 11.2 Å². The van der Waals surface area contributed by atoms with Gasteiger partial charge in [-0.1, -0.05) is 27.7 Å². The molecule has 0 saturated heterocycles. The van der Waals surface area contributed by atoms with Gasteiger partial charge in [-0.3, -0.25) is 0 Å². The fourth-order valence-electron chi connectivity index (χ4n) is 3.38. The van der Waals surface area contributed by atoms with E-state index in [1.807, 2.05) is 11.3 Å². The standard InChI is InChI=1S/C15H26N2S/c1-10(2)13-9-18-14(17-13)15(16-5)7-11(3)6-12(4)8-15/h9-12,16H,6-8H2,1-5H3. The zero-order valence-corrected chi connectivity index (χ0v) is 13.1. The van der Waals surface area contributed by atoms with Crippen LogP contribution in [0.3, 0.4) is 0 Å². The molecule has 2 unspecified atom stereocenters. The lowest BCUT2D eigenvalue weighted by atomic mass is 9.72. The van der Waals surface area contributed by atoms with Crippen molar-refractivity contribution in [3.05, 3.63) is 16.1 Å². The van der Waals surface area contributed by atoms with Crippen molar-refractivity contribution in [3.8, 4) is 0 Å². The Bertz CT molecular complexity index is 387. The van der Waals surface area contributed by atoms with Gasteiger partial charge in [0.2, 0.25) is 0 Å². The van der Waals surface area contributed by atoms with Crippen molar-refractivity contribution in [2.45, 2.75) is 58.4 Å². The van der Waals surface area contributed by atoms with Gasteiger partial charge in [-0.15, -0.1) is 11.3 Å². The predicted molar refractivity (Wildman–Crippen MR) is 79.1 cm³/mol. The third-order valence-electron chi connectivity index (χ3n) is 4.20. The number of aromatic nitrogens is 1. The van der Waals surface area contributed by atoms with E-state index in [1.165, 1.54) is 30.0 Å². The largest absolute Gasteiger partial charge is 0.308 e. The van der Waals surface area contributed by atoms with Gasteiger partial charge in [0.15, 0.2) is 0 Å². The van der Waals surface area contributed by atoms with E-state index in [0.717, 1.165) is 11.8 Å². The molecule has 0 amide bonds. The summed E-state index contributed by atoms with van der Waals surface area (Å²) in [6.07, 6.45) is 3.80. The van der Waals surface area contributed by atoms with E-state index in [4.69, 9.17) is 4.98 Å². The summed E-state index contributed by atoms with van der Waals surface area (Å²) in [5.41, 5.74) is 1.37. The van der Waals surface area contributed by atoms with Crippen LogP contribution in [0, 0.1) is 11.8 Å². The Labute approximate surface area is 115 Å². The summed E-state index contributed by atoms with van der Waals surface area (Å²) in [5.74, 6) is 2.10. The van der Waals surface area contributed by atoms with Crippen molar-refractivity contribution in [2.24, 2.45) is 11.8 Å². The first kappa shape index (κ1) is 14.0. The lowest BCUT2D eigenvalue weighted by Gasteiger charge is -2.41. The topological polar surface area (TPSA) is 24.9 Å². The molecule has 1 N–H and O–H groups in total. The zero-order valence-electron chi connectivity index (χ0n) is 12.3. The number of nitrogens with one attached hydrogen (secondary N) is 1. The van der Waals surface area contributed by atoms with Gasteiger partial charge in [0, 0.05) is 5.38 Å². The summed E-state index contributed by atoms with van der Waals surface area (Å²) < 4.78 is 0. The maximum Gasteiger partial charge on any atom is 0.113 e. The van der Waals surface area contributed by atoms with Crippen molar-refractivity contribution in [1.29, 1.82) is 0 Å². The first-order valence-corrected chi connectivity index (χ1v) is 7.99. The number of rotatable bonds is 3. The molecule has 3 heteroatoms. The van der Waals surface area contributed by atoms with E-state index in [9.17, 15) is 0 Å². The highest BCUT2D eigenvalue weighted by Crippen LogP contribution is 2.43. The summed E-state index contributed by atoms with van der Waals surface area (Å²) in [4.78, 5) is 4.90. The van der Waals surface area contributed by atoms with Gasteiger partial charge >= 0.3 is 0 Å². The highest BCUT2D eigenvalue weighted by molar-refractivity contribution is 7.09. The Morgan fingerprint density at radius 1 is 1.33 bits per heavy atom. The molecule has 0 spiro atoms. The van der Waals surface area contributed by atoms with E-state index >= 15 is 0 Å². The van der Waals surface area contributed by atoms with Crippen molar-refractivity contribution in [3.63, 3.8) is 0 Å². The van der Waals surface area contributed by atoms with Gasteiger partial charge in [-0.2, -0.15) is 0 Å². The molecule has 1 saturated carbocycles. The van der Waals surface area contributed by atoms with E-state index < -0.39 is 0 Å². The van der Waals surface area contributed by atoms with Crippen molar-refractivity contribution < 1.29 is 0 Å². The van der Waals surface area contributed by atoms with Crippen LogP contribution in [-0.2, 0) is 5.54 Å². The maximum absolute atomic E-state index is 4.90. The van der Waals surface area contributed by atoms with E-state index in [2.05, 4.69) is 45.4 Å². The van der Waals surface area contributed by atoms with Crippen LogP contribution < -0.4 is 5.32 Å². The second-order valence-electron chi connectivity index (χ2n) is 6.42. The summed E-state index contributed by atoms with van der Waals surface area (Å²) in [5, 5.41) is 7.13. The smallest absolute Gasteiger partial charge is 0.113 e. The molecule has 0 bridgehead atoms. The Hall–Kier alpha value is -0.410. The summed E-state index contributed by atoms with van der Waals surface area (Å²) in [6, 6.07) is 0. The minimum Gasteiger partial charge on any atom is -0.308 e. The minimum absolute atomic E-state index is 0.120. The second kappa shape index (κ2) is 5.30. The van der Waals surface area contributed by atoms with Gasteiger partial charge in [0.1, 0.15) is 5.01 Å². The fraction of sp³-hybridized carbons (Fsp3) is 0.800. The molecule has 1 aromatic rings. The van der Waals surface area contributed by atoms with Crippen LogP contribution in [0.1, 0.15) is 63.6 Å². The number of thiazole rings is 1. The third kappa shape index (κ3) is 2.62. The first-order chi connectivity index (χ1) is 8.47. The highest BCUT2D eigenvalue weighted by atomic mass is 32.1. The number of nitrogens with zero attached hydrogens (tertiary/aromatic N) is 1. The van der Waals surface area contributed by atoms with Gasteiger partial charge in [-0.25, -0.2) is 4.98 Å². The molecule has 2 atom stereocenters. The summed E-state index contributed by atoms with van der Waals surface area (Å²) in [7, 11) is 2.10. The Balaban J connectivity index is 2.30. The molecular formula is C15H26N2S. The molecule has 2 rings (SSSR count). The van der Waals surface area contributed by atoms with Crippen LogP contribution in [0.4, 0.5) is 0 Å². The van der Waals surface area contributed by atoms with Crippen molar-refractivity contribution in [1.82, 2.24) is 10.3 Å².